The molecule has 0 spiro atoms. The van der Waals surface area contributed by atoms with E-state index in [0.717, 1.165) is 15.6 Å². The molecular formula is C26H22BrNO3. The molecule has 31 heavy (non-hydrogen) atoms. The monoisotopic (exact) mass is 475 g/mol. The first-order valence-electron chi connectivity index (χ1n) is 10.1. The number of anilines is 1. The topological polar surface area (TPSA) is 66.4 Å². The fraction of sp³-hybridized carbons (Fsp3) is 0.154. The number of carboxylic acids is 1. The lowest BCUT2D eigenvalue weighted by Gasteiger charge is -2.37. The number of carboxylic acid groups (broad SMARTS) is 1. The van der Waals surface area contributed by atoms with Crippen molar-refractivity contribution >= 4 is 33.5 Å². The maximum atomic E-state index is 13.5. The van der Waals surface area contributed by atoms with Gasteiger partial charge in [0.25, 0.3) is 0 Å². The molecule has 2 N–H and O–H groups in total. The molecule has 3 aromatic rings. The van der Waals surface area contributed by atoms with Gasteiger partial charge in [0.1, 0.15) is 0 Å². The van der Waals surface area contributed by atoms with Crippen molar-refractivity contribution in [1.82, 2.24) is 0 Å². The summed E-state index contributed by atoms with van der Waals surface area (Å²) in [7, 11) is 0. The number of carbonyl (C=O) groups is 2. The zero-order valence-electron chi connectivity index (χ0n) is 16.7. The molecule has 1 aliphatic rings. The summed E-state index contributed by atoms with van der Waals surface area (Å²) in [6.45, 7) is 0. The van der Waals surface area contributed by atoms with Crippen molar-refractivity contribution in [3.05, 3.63) is 113 Å². The van der Waals surface area contributed by atoms with Gasteiger partial charge in [-0.05, 0) is 29.3 Å². The second kappa shape index (κ2) is 9.31. The molecular weight excluding hydrogens is 454 g/mol. The highest BCUT2D eigenvalue weighted by atomic mass is 79.9. The third kappa shape index (κ3) is 4.62. The van der Waals surface area contributed by atoms with Gasteiger partial charge in [0, 0.05) is 22.0 Å². The van der Waals surface area contributed by atoms with Crippen LogP contribution in [0.15, 0.2) is 102 Å². The van der Waals surface area contributed by atoms with Crippen LogP contribution in [0.1, 0.15) is 23.0 Å². The van der Waals surface area contributed by atoms with Gasteiger partial charge in [0.2, 0.25) is 5.91 Å². The SMILES string of the molecule is O=C(Nc1cccc(Br)c1)[C@@H]1[C@H](C(=O)O)[C@H](c2ccccc2)C=C[C@@H]1c1ccccc1. The van der Waals surface area contributed by atoms with Crippen molar-refractivity contribution in [2.75, 3.05) is 5.32 Å². The van der Waals surface area contributed by atoms with Crippen LogP contribution in [0.4, 0.5) is 5.69 Å². The Morgan fingerprint density at radius 1 is 0.742 bits per heavy atom. The van der Waals surface area contributed by atoms with E-state index in [1.165, 1.54) is 0 Å². The first-order chi connectivity index (χ1) is 15.0. The maximum absolute atomic E-state index is 13.5. The first-order valence-corrected chi connectivity index (χ1v) is 10.9. The second-order valence-corrected chi connectivity index (χ2v) is 8.56. The van der Waals surface area contributed by atoms with E-state index in [1.54, 1.807) is 12.1 Å². The summed E-state index contributed by atoms with van der Waals surface area (Å²) in [5, 5.41) is 13.2. The summed E-state index contributed by atoms with van der Waals surface area (Å²) < 4.78 is 0.838. The molecule has 0 radical (unpaired) electrons. The Kier molecular flexibility index (Phi) is 6.33. The molecule has 1 amide bonds. The molecule has 0 saturated heterocycles. The Morgan fingerprint density at radius 3 is 1.81 bits per heavy atom. The molecule has 0 saturated carbocycles. The van der Waals surface area contributed by atoms with Crippen LogP contribution in [-0.2, 0) is 9.59 Å². The summed E-state index contributed by atoms with van der Waals surface area (Å²) in [6.07, 6.45) is 3.92. The molecule has 0 bridgehead atoms. The minimum atomic E-state index is -0.978. The molecule has 3 aromatic carbocycles. The zero-order chi connectivity index (χ0) is 21.8. The van der Waals surface area contributed by atoms with Crippen LogP contribution in [0.2, 0.25) is 0 Å². The standard InChI is InChI=1S/C26H22BrNO3/c27-19-12-7-13-20(16-19)28-25(29)23-21(17-8-3-1-4-9-17)14-15-22(24(23)26(30)31)18-10-5-2-6-11-18/h1-16,21-24H,(H,28,29)(H,30,31)/t21-,22+,23+,24-/m1/s1. The number of rotatable bonds is 5. The largest absolute Gasteiger partial charge is 0.481 e. The van der Waals surface area contributed by atoms with E-state index in [9.17, 15) is 14.7 Å². The number of hydrogen-bond acceptors (Lipinski definition) is 2. The van der Waals surface area contributed by atoms with Crippen LogP contribution in [0.5, 0.6) is 0 Å². The molecule has 0 fully saturated rings. The number of amides is 1. The third-order valence-electron chi connectivity index (χ3n) is 5.74. The lowest BCUT2D eigenvalue weighted by molar-refractivity contribution is -0.147. The van der Waals surface area contributed by atoms with Crippen LogP contribution in [0, 0.1) is 11.8 Å². The van der Waals surface area contributed by atoms with Gasteiger partial charge in [-0.1, -0.05) is 94.8 Å². The fourth-order valence-electron chi connectivity index (χ4n) is 4.34. The van der Waals surface area contributed by atoms with E-state index in [4.69, 9.17) is 0 Å². The molecule has 0 aliphatic heterocycles. The summed E-state index contributed by atoms with van der Waals surface area (Å²) >= 11 is 3.42. The van der Waals surface area contributed by atoms with Gasteiger partial charge in [-0.25, -0.2) is 0 Å². The Labute approximate surface area is 189 Å². The molecule has 156 valence electrons. The van der Waals surface area contributed by atoms with Gasteiger partial charge in [0.15, 0.2) is 0 Å². The van der Waals surface area contributed by atoms with Gasteiger partial charge in [-0.15, -0.1) is 0 Å². The highest BCUT2D eigenvalue weighted by molar-refractivity contribution is 9.10. The maximum Gasteiger partial charge on any atom is 0.308 e. The molecule has 4 rings (SSSR count). The molecule has 0 aromatic heterocycles. The zero-order valence-corrected chi connectivity index (χ0v) is 18.3. The number of carbonyl (C=O) groups excluding carboxylic acids is 1. The highest BCUT2D eigenvalue weighted by Crippen LogP contribution is 2.45. The third-order valence-corrected chi connectivity index (χ3v) is 6.23. The summed E-state index contributed by atoms with van der Waals surface area (Å²) in [4.78, 5) is 26.0. The number of nitrogens with one attached hydrogen (secondary N) is 1. The van der Waals surface area contributed by atoms with Crippen molar-refractivity contribution < 1.29 is 14.7 Å². The quantitative estimate of drug-likeness (QED) is 0.455. The van der Waals surface area contributed by atoms with Crippen LogP contribution in [0.3, 0.4) is 0 Å². The van der Waals surface area contributed by atoms with Crippen LogP contribution in [0.25, 0.3) is 0 Å². The molecule has 0 heterocycles. The van der Waals surface area contributed by atoms with E-state index >= 15 is 0 Å². The van der Waals surface area contributed by atoms with E-state index in [0.29, 0.717) is 5.69 Å². The van der Waals surface area contributed by atoms with Crippen molar-refractivity contribution in [2.24, 2.45) is 11.8 Å². The molecule has 4 nitrogen and oxygen atoms in total. The Morgan fingerprint density at radius 2 is 1.29 bits per heavy atom. The van der Waals surface area contributed by atoms with Gasteiger partial charge in [-0.2, -0.15) is 0 Å². The van der Waals surface area contributed by atoms with Gasteiger partial charge in [0.05, 0.1) is 11.8 Å². The highest BCUT2D eigenvalue weighted by Gasteiger charge is 2.46. The second-order valence-electron chi connectivity index (χ2n) is 7.65. The van der Waals surface area contributed by atoms with Crippen LogP contribution in [-0.4, -0.2) is 17.0 Å². The summed E-state index contributed by atoms with van der Waals surface area (Å²) in [6, 6.07) is 26.4. The number of allylic oxidation sites excluding steroid dienone is 2. The average Bonchev–Trinajstić information content (AvgIpc) is 2.79. The minimum Gasteiger partial charge on any atom is -0.481 e. The summed E-state index contributed by atoms with van der Waals surface area (Å²) in [5.41, 5.74) is 2.44. The Hall–Kier alpha value is -3.18. The van der Waals surface area contributed by atoms with Crippen LogP contribution >= 0.6 is 15.9 Å². The molecule has 0 unspecified atom stereocenters. The van der Waals surface area contributed by atoms with Crippen molar-refractivity contribution in [3.8, 4) is 0 Å². The van der Waals surface area contributed by atoms with E-state index in [2.05, 4.69) is 21.2 Å². The summed E-state index contributed by atoms with van der Waals surface area (Å²) in [5.74, 6) is -3.68. The van der Waals surface area contributed by atoms with E-state index in [-0.39, 0.29) is 11.8 Å². The number of halogens is 1. The number of aliphatic carboxylic acids is 1. The van der Waals surface area contributed by atoms with Gasteiger partial charge < -0.3 is 10.4 Å². The average molecular weight is 476 g/mol. The Bertz CT molecular complexity index is 1100. The predicted molar refractivity (Wildman–Crippen MR) is 125 cm³/mol. The molecule has 5 heteroatoms. The van der Waals surface area contributed by atoms with Crippen LogP contribution < -0.4 is 5.32 Å². The number of hydrogen-bond donors (Lipinski definition) is 2. The lowest BCUT2D eigenvalue weighted by Crippen LogP contribution is -2.42. The van der Waals surface area contributed by atoms with Gasteiger partial charge >= 0.3 is 5.97 Å². The number of benzene rings is 3. The smallest absolute Gasteiger partial charge is 0.308 e. The fourth-order valence-corrected chi connectivity index (χ4v) is 4.74. The Balaban J connectivity index is 1.77. The normalized spacial score (nSPS) is 22.6. The molecule has 4 atom stereocenters. The van der Waals surface area contributed by atoms with Crippen molar-refractivity contribution in [3.63, 3.8) is 0 Å². The predicted octanol–water partition coefficient (Wildman–Crippen LogP) is 5.84. The van der Waals surface area contributed by atoms with Crippen molar-refractivity contribution in [1.29, 1.82) is 0 Å². The van der Waals surface area contributed by atoms with Crippen molar-refractivity contribution in [2.45, 2.75) is 11.8 Å². The first kappa shape index (κ1) is 21.1. The van der Waals surface area contributed by atoms with E-state index < -0.39 is 23.7 Å². The van der Waals surface area contributed by atoms with E-state index in [1.807, 2.05) is 84.9 Å². The van der Waals surface area contributed by atoms with Gasteiger partial charge in [-0.3, -0.25) is 9.59 Å². The minimum absolute atomic E-state index is 0.301. The lowest BCUT2D eigenvalue weighted by atomic mass is 9.66. The molecule has 1 aliphatic carbocycles.